The number of hydrogen-bond donors (Lipinski definition) is 1. The molecule has 1 N–H and O–H groups in total. The Balaban J connectivity index is 3.03. The van der Waals surface area contributed by atoms with Crippen LogP contribution in [0.1, 0.15) is 6.42 Å². The molecule has 0 aromatic heterocycles. The van der Waals surface area contributed by atoms with Gasteiger partial charge in [0.2, 0.25) is 0 Å². The lowest BCUT2D eigenvalue weighted by Crippen LogP contribution is -2.04. The van der Waals surface area contributed by atoms with Gasteiger partial charge in [-0.25, -0.2) is 0 Å². The summed E-state index contributed by atoms with van der Waals surface area (Å²) < 4.78 is 0. The Morgan fingerprint density at radius 1 is 1.75 bits per heavy atom. The van der Waals surface area contributed by atoms with E-state index in [9.17, 15) is 4.91 Å². The molecular weight excluding hydrogens is 130 g/mol. The van der Waals surface area contributed by atoms with Gasteiger partial charge in [-0.1, -0.05) is 5.18 Å². The number of aliphatic hydroxyl groups excluding tert-OH is 1. The van der Waals surface area contributed by atoms with Crippen LogP contribution in [0.4, 0.5) is 0 Å². The van der Waals surface area contributed by atoms with Crippen LogP contribution in [0.3, 0.4) is 0 Å². The zero-order valence-electron chi connectivity index (χ0n) is 4.38. The van der Waals surface area contributed by atoms with Gasteiger partial charge < -0.3 is 5.11 Å². The van der Waals surface area contributed by atoms with E-state index in [4.69, 9.17) is 16.7 Å². The van der Waals surface area contributed by atoms with Crippen molar-refractivity contribution >= 4 is 11.6 Å². The first-order valence-electron chi connectivity index (χ1n) is 2.35. The van der Waals surface area contributed by atoms with E-state index in [1.165, 1.54) is 0 Å². The van der Waals surface area contributed by atoms with Crippen molar-refractivity contribution in [1.82, 2.24) is 0 Å². The van der Waals surface area contributed by atoms with Gasteiger partial charge >= 0.3 is 0 Å². The number of nitrogens with zero attached hydrogens (tertiary/aromatic N) is 1. The first-order chi connectivity index (χ1) is 3.81. The largest absolute Gasteiger partial charge is 0.396 e. The molecule has 0 bridgehead atoms. The van der Waals surface area contributed by atoms with Gasteiger partial charge in [0, 0.05) is 6.61 Å². The quantitative estimate of drug-likeness (QED) is 0.459. The van der Waals surface area contributed by atoms with E-state index in [1.54, 1.807) is 0 Å². The third-order valence-electron chi connectivity index (χ3n) is 0.715. The van der Waals surface area contributed by atoms with E-state index < -0.39 is 0 Å². The Labute approximate surface area is 52.6 Å². The molecule has 8 heavy (non-hydrogen) atoms. The smallest absolute Gasteiger partial charge is 0.0975 e. The second-order valence-electron chi connectivity index (χ2n) is 1.42. The van der Waals surface area contributed by atoms with Gasteiger partial charge in [-0.05, 0) is 6.42 Å². The van der Waals surface area contributed by atoms with Gasteiger partial charge in [-0.15, -0.1) is 11.6 Å². The van der Waals surface area contributed by atoms with E-state index in [0.29, 0.717) is 6.42 Å². The Morgan fingerprint density at radius 2 is 2.38 bits per heavy atom. The Hall–Kier alpha value is -0.150. The summed E-state index contributed by atoms with van der Waals surface area (Å²) in [6.45, 7) is 0.103. The summed E-state index contributed by atoms with van der Waals surface area (Å²) in [5.41, 5.74) is 0. The SMILES string of the molecule is O=NCC(Cl)CCO. The maximum Gasteiger partial charge on any atom is 0.0975 e. The molecule has 0 aliphatic carbocycles. The first-order valence-corrected chi connectivity index (χ1v) is 2.79. The number of nitroso groups, excluding NO2 is 1. The number of hydrogen-bond acceptors (Lipinski definition) is 3. The second kappa shape index (κ2) is 5.00. The fourth-order valence-corrected chi connectivity index (χ4v) is 0.466. The van der Waals surface area contributed by atoms with Crippen molar-refractivity contribution in [2.24, 2.45) is 5.18 Å². The highest BCUT2D eigenvalue weighted by Crippen LogP contribution is 1.99. The van der Waals surface area contributed by atoms with Crippen molar-refractivity contribution in [3.05, 3.63) is 4.91 Å². The molecule has 0 aliphatic rings. The van der Waals surface area contributed by atoms with Crippen molar-refractivity contribution in [1.29, 1.82) is 0 Å². The molecule has 1 atom stereocenters. The molecule has 1 unspecified atom stereocenters. The summed E-state index contributed by atoms with van der Waals surface area (Å²) in [7, 11) is 0. The zero-order chi connectivity index (χ0) is 6.41. The van der Waals surface area contributed by atoms with Gasteiger partial charge in [0.15, 0.2) is 0 Å². The topological polar surface area (TPSA) is 49.7 Å². The van der Waals surface area contributed by atoms with Gasteiger partial charge in [-0.2, -0.15) is 4.91 Å². The van der Waals surface area contributed by atoms with Crippen LogP contribution in [0.25, 0.3) is 0 Å². The first kappa shape index (κ1) is 7.85. The van der Waals surface area contributed by atoms with Gasteiger partial charge in [0.1, 0.15) is 0 Å². The van der Waals surface area contributed by atoms with Crippen molar-refractivity contribution in [2.45, 2.75) is 11.8 Å². The third kappa shape index (κ3) is 4.02. The standard InChI is InChI=1S/C4H8ClNO2/c5-4(1-2-7)3-6-8/h4,7H,1-3H2. The molecule has 0 rings (SSSR count). The molecule has 0 amide bonds. The minimum absolute atomic E-state index is 0.0175. The van der Waals surface area contributed by atoms with Crippen molar-refractivity contribution in [2.75, 3.05) is 13.2 Å². The molecule has 0 saturated carbocycles. The monoisotopic (exact) mass is 137 g/mol. The summed E-state index contributed by atoms with van der Waals surface area (Å²) in [5, 5.41) is 10.5. The van der Waals surface area contributed by atoms with Crippen molar-refractivity contribution < 1.29 is 5.11 Å². The van der Waals surface area contributed by atoms with Crippen LogP contribution in [-0.2, 0) is 0 Å². The lowest BCUT2D eigenvalue weighted by atomic mass is 10.3. The summed E-state index contributed by atoms with van der Waals surface area (Å²) in [6, 6.07) is 0. The number of halogens is 1. The maximum atomic E-state index is 9.47. The summed E-state index contributed by atoms with van der Waals surface area (Å²) in [6.07, 6.45) is 0.438. The minimum Gasteiger partial charge on any atom is -0.396 e. The maximum absolute atomic E-state index is 9.47. The Bertz CT molecular complexity index is 69.1. The molecule has 0 aromatic rings. The van der Waals surface area contributed by atoms with Crippen LogP contribution in [-0.4, -0.2) is 23.6 Å². The van der Waals surface area contributed by atoms with E-state index in [2.05, 4.69) is 5.18 Å². The van der Waals surface area contributed by atoms with Gasteiger partial charge in [-0.3, -0.25) is 0 Å². The van der Waals surface area contributed by atoms with Crippen LogP contribution in [0.5, 0.6) is 0 Å². The average molecular weight is 138 g/mol. The molecule has 48 valence electrons. The van der Waals surface area contributed by atoms with E-state index in [0.717, 1.165) is 0 Å². The Kier molecular flexibility index (Phi) is 4.90. The van der Waals surface area contributed by atoms with Crippen LogP contribution >= 0.6 is 11.6 Å². The molecular formula is C4H8ClNO2. The van der Waals surface area contributed by atoms with Crippen LogP contribution in [0.15, 0.2) is 5.18 Å². The van der Waals surface area contributed by atoms with Crippen molar-refractivity contribution in [3.63, 3.8) is 0 Å². The third-order valence-corrected chi connectivity index (χ3v) is 1.07. The molecule has 0 aromatic carbocycles. The highest BCUT2D eigenvalue weighted by Gasteiger charge is 2.00. The molecule has 3 nitrogen and oxygen atoms in total. The van der Waals surface area contributed by atoms with Crippen LogP contribution in [0.2, 0.25) is 0 Å². The van der Waals surface area contributed by atoms with E-state index >= 15 is 0 Å². The predicted octanol–water partition coefficient (Wildman–Crippen LogP) is 0.743. The molecule has 0 fully saturated rings. The number of alkyl halides is 1. The zero-order valence-corrected chi connectivity index (χ0v) is 5.14. The van der Waals surface area contributed by atoms with Crippen LogP contribution < -0.4 is 0 Å². The number of aliphatic hydroxyl groups is 1. The molecule has 0 heterocycles. The minimum atomic E-state index is -0.294. The predicted molar refractivity (Wildman–Crippen MR) is 32.0 cm³/mol. The molecule has 0 radical (unpaired) electrons. The lowest BCUT2D eigenvalue weighted by Gasteiger charge is -1.97. The molecule has 0 aliphatic heterocycles. The highest BCUT2D eigenvalue weighted by atomic mass is 35.5. The fourth-order valence-electron chi connectivity index (χ4n) is 0.312. The van der Waals surface area contributed by atoms with E-state index in [-0.39, 0.29) is 18.5 Å². The summed E-state index contributed by atoms with van der Waals surface area (Å²) in [4.78, 5) is 9.47. The average Bonchev–Trinajstić information content (AvgIpc) is 1.68. The molecule has 0 spiro atoms. The normalized spacial score (nSPS) is 13.2. The van der Waals surface area contributed by atoms with Crippen LogP contribution in [0, 0.1) is 4.91 Å². The van der Waals surface area contributed by atoms with Crippen molar-refractivity contribution in [3.8, 4) is 0 Å². The van der Waals surface area contributed by atoms with Gasteiger partial charge in [0.05, 0.1) is 11.9 Å². The second-order valence-corrected chi connectivity index (χ2v) is 2.04. The van der Waals surface area contributed by atoms with E-state index in [1.807, 2.05) is 0 Å². The van der Waals surface area contributed by atoms with Gasteiger partial charge in [0.25, 0.3) is 0 Å². The fraction of sp³-hybridized carbons (Fsp3) is 1.00. The highest BCUT2D eigenvalue weighted by molar-refractivity contribution is 6.20. The lowest BCUT2D eigenvalue weighted by molar-refractivity contribution is 0.287. The Morgan fingerprint density at radius 3 is 2.75 bits per heavy atom. The molecule has 0 saturated heterocycles. The summed E-state index contributed by atoms with van der Waals surface area (Å²) >= 11 is 5.43. The summed E-state index contributed by atoms with van der Waals surface area (Å²) in [5.74, 6) is 0. The number of rotatable bonds is 4. The molecule has 4 heteroatoms.